The van der Waals surface area contributed by atoms with Crippen LogP contribution in [0.5, 0.6) is 0 Å². The molecule has 0 radical (unpaired) electrons. The van der Waals surface area contributed by atoms with Crippen LogP contribution in [0.4, 0.5) is 18.9 Å². The van der Waals surface area contributed by atoms with E-state index in [1.807, 2.05) is 19.9 Å². The second-order valence-electron chi connectivity index (χ2n) is 12.3. The van der Waals surface area contributed by atoms with Crippen LogP contribution in [0.15, 0.2) is 47.3 Å². The summed E-state index contributed by atoms with van der Waals surface area (Å²) in [6.07, 6.45) is 3.45. The van der Waals surface area contributed by atoms with Gasteiger partial charge in [0.1, 0.15) is 0 Å². The van der Waals surface area contributed by atoms with Crippen molar-refractivity contribution in [2.24, 2.45) is 0 Å². The lowest BCUT2D eigenvalue weighted by atomic mass is 10.0. The zero-order chi connectivity index (χ0) is 31.3. The minimum Gasteiger partial charge on any atom is -0.378 e. The van der Waals surface area contributed by atoms with Crippen LogP contribution < -0.4 is 10.5 Å². The van der Waals surface area contributed by atoms with Crippen molar-refractivity contribution >= 4 is 27.5 Å². The maximum absolute atomic E-state index is 13.9. The third-order valence-corrected chi connectivity index (χ3v) is 9.09. The van der Waals surface area contributed by atoms with E-state index in [1.165, 1.54) is 36.9 Å². The van der Waals surface area contributed by atoms with Gasteiger partial charge in [-0.2, -0.15) is 13.2 Å². The maximum Gasteiger partial charge on any atom is 0.417 e. The zero-order valence-electron chi connectivity index (χ0n) is 26.2. The van der Waals surface area contributed by atoms with Crippen LogP contribution in [0, 0.1) is 13.8 Å². The molecule has 3 heterocycles. The van der Waals surface area contributed by atoms with Gasteiger partial charge in [0.2, 0.25) is 5.56 Å². The van der Waals surface area contributed by atoms with E-state index in [4.69, 9.17) is 4.74 Å². The molecule has 4 aromatic rings. The fourth-order valence-corrected chi connectivity index (χ4v) is 6.59. The number of aryl methyl sites for hydroxylation is 2. The smallest absolute Gasteiger partial charge is 0.378 e. The number of unbranched alkanes of at least 4 members (excludes halogenated alkanes) is 6. The topological polar surface area (TPSA) is 53.5 Å². The Kier molecular flexibility index (Phi) is 10.4. The number of nitrogens with zero attached hydrogens (tertiary/aromatic N) is 3. The van der Waals surface area contributed by atoms with Gasteiger partial charge in [-0.1, -0.05) is 44.2 Å². The van der Waals surface area contributed by atoms with Gasteiger partial charge in [-0.3, -0.25) is 4.79 Å². The van der Waals surface area contributed by atoms with Gasteiger partial charge in [0, 0.05) is 65.4 Å². The minimum absolute atomic E-state index is 0.0845. The molecule has 0 spiro atoms. The molecule has 1 aliphatic heterocycles. The molecule has 2 aromatic carbocycles. The van der Waals surface area contributed by atoms with Gasteiger partial charge in [-0.05, 0) is 75.7 Å². The van der Waals surface area contributed by atoms with Crippen molar-refractivity contribution in [3.8, 4) is 0 Å². The summed E-state index contributed by atoms with van der Waals surface area (Å²) in [6.45, 7) is 10.2. The number of halogens is 3. The first-order chi connectivity index (χ1) is 21.1. The van der Waals surface area contributed by atoms with E-state index in [2.05, 4.69) is 50.7 Å². The van der Waals surface area contributed by atoms with Crippen molar-refractivity contribution in [1.82, 2.24) is 14.5 Å². The predicted molar refractivity (Wildman–Crippen MR) is 173 cm³/mol. The second-order valence-corrected chi connectivity index (χ2v) is 12.3. The molecule has 0 bridgehead atoms. The lowest BCUT2D eigenvalue weighted by molar-refractivity contribution is -0.136. The van der Waals surface area contributed by atoms with Crippen molar-refractivity contribution in [2.45, 2.75) is 78.1 Å². The predicted octanol–water partition coefficient (Wildman–Crippen LogP) is 7.82. The van der Waals surface area contributed by atoms with Crippen LogP contribution in [0.3, 0.4) is 0 Å². The Balaban J connectivity index is 1.04. The number of hydrogen-bond donors (Lipinski definition) is 1. The lowest BCUT2D eigenvalue weighted by Crippen LogP contribution is -2.36. The van der Waals surface area contributed by atoms with Gasteiger partial charge >= 0.3 is 6.18 Å². The van der Waals surface area contributed by atoms with Gasteiger partial charge in [0.15, 0.2) is 0 Å². The average molecular weight is 611 g/mol. The summed E-state index contributed by atoms with van der Waals surface area (Å²) >= 11 is 0. The largest absolute Gasteiger partial charge is 0.417 e. The highest BCUT2D eigenvalue weighted by Gasteiger charge is 2.34. The van der Waals surface area contributed by atoms with Crippen molar-refractivity contribution in [3.63, 3.8) is 0 Å². The molecule has 44 heavy (non-hydrogen) atoms. The van der Waals surface area contributed by atoms with Gasteiger partial charge in [-0.25, -0.2) is 0 Å². The molecule has 5 rings (SSSR count). The Morgan fingerprint density at radius 2 is 1.55 bits per heavy atom. The van der Waals surface area contributed by atoms with Crippen molar-refractivity contribution in [3.05, 3.63) is 75.2 Å². The molecule has 2 aromatic heterocycles. The van der Waals surface area contributed by atoms with Crippen molar-refractivity contribution in [2.75, 3.05) is 44.8 Å². The number of benzene rings is 2. The maximum atomic E-state index is 13.9. The van der Waals surface area contributed by atoms with Gasteiger partial charge in [-0.15, -0.1) is 0 Å². The molecular formula is C35H45F3N4O2. The van der Waals surface area contributed by atoms with Gasteiger partial charge < -0.3 is 24.1 Å². The first-order valence-corrected chi connectivity index (χ1v) is 16.0. The fourth-order valence-electron chi connectivity index (χ4n) is 6.59. The molecule has 1 saturated heterocycles. The monoisotopic (exact) mass is 610 g/mol. The molecule has 238 valence electrons. The molecule has 0 aliphatic carbocycles. The van der Waals surface area contributed by atoms with E-state index in [-0.39, 0.29) is 10.9 Å². The molecule has 9 heteroatoms. The summed E-state index contributed by atoms with van der Waals surface area (Å²) in [6, 6.07) is 13.1. The Hall–Kier alpha value is -3.30. The Labute approximate surface area is 257 Å². The third-order valence-electron chi connectivity index (χ3n) is 9.09. The molecule has 6 nitrogen and oxygen atoms in total. The van der Waals surface area contributed by atoms with E-state index in [1.54, 1.807) is 6.07 Å². The number of ether oxygens (including phenoxy) is 1. The zero-order valence-corrected chi connectivity index (χ0v) is 26.2. The third kappa shape index (κ3) is 7.49. The number of H-pyrrole nitrogens is 1. The second kappa shape index (κ2) is 14.2. The number of nitrogens with one attached hydrogen (secondary N) is 1. The summed E-state index contributed by atoms with van der Waals surface area (Å²) in [5, 5.41) is 0.667. The highest BCUT2D eigenvalue weighted by molar-refractivity contribution is 6.09. The highest BCUT2D eigenvalue weighted by Crippen LogP contribution is 2.39. The van der Waals surface area contributed by atoms with Crippen LogP contribution in [0.1, 0.15) is 67.3 Å². The number of fused-ring (bicyclic) bond motifs is 3. The highest BCUT2D eigenvalue weighted by atomic mass is 19.4. The molecule has 0 amide bonds. The van der Waals surface area contributed by atoms with Crippen molar-refractivity contribution < 1.29 is 17.9 Å². The number of anilines is 1. The van der Waals surface area contributed by atoms with Gasteiger partial charge in [0.25, 0.3) is 0 Å². The van der Waals surface area contributed by atoms with E-state index >= 15 is 0 Å². The van der Waals surface area contributed by atoms with E-state index in [0.29, 0.717) is 11.5 Å². The quantitative estimate of drug-likeness (QED) is 0.157. The van der Waals surface area contributed by atoms with E-state index < -0.39 is 17.3 Å². The van der Waals surface area contributed by atoms with Gasteiger partial charge in [0.05, 0.1) is 18.8 Å². The first-order valence-electron chi connectivity index (χ1n) is 16.0. The Bertz CT molecular complexity index is 1600. The van der Waals surface area contributed by atoms with Crippen LogP contribution in [-0.4, -0.2) is 54.3 Å². The summed E-state index contributed by atoms with van der Waals surface area (Å²) in [4.78, 5) is 19.3. The SMILES string of the molecule is Cc1c(C)n(CCCCCCCCCN(C)Cc2ccc(N3CCOCC3)cc2)c2ccc3[nH]c(=O)cc(C(F)(F)F)c3c12. The molecular weight excluding hydrogens is 565 g/mol. The van der Waals surface area contributed by atoms with Crippen molar-refractivity contribution in [1.29, 1.82) is 0 Å². The van der Waals surface area contributed by atoms with Crippen LogP contribution >= 0.6 is 0 Å². The number of aromatic nitrogens is 2. The lowest BCUT2D eigenvalue weighted by Gasteiger charge is -2.29. The summed E-state index contributed by atoms with van der Waals surface area (Å²) in [7, 11) is 2.19. The molecule has 1 N–H and O–H groups in total. The fraction of sp³-hybridized carbons (Fsp3) is 0.514. The standard InChI is InChI=1S/C35H45F3N4O2/c1-25-26(2)42(31-16-15-30-34(33(25)31)29(35(36,37)38)23-32(43)39-30)18-10-8-6-4-5-7-9-17-40(3)24-27-11-13-28(14-12-27)41-19-21-44-22-20-41/h11-16,23H,4-10,17-22,24H2,1-3H3,(H,39,43). The number of aromatic amines is 1. The van der Waals surface area contributed by atoms with Crippen LogP contribution in [-0.2, 0) is 24.0 Å². The minimum atomic E-state index is -4.60. The van der Waals surface area contributed by atoms with E-state index in [0.717, 1.165) is 82.0 Å². The molecule has 1 fully saturated rings. The number of morpholine rings is 1. The summed E-state index contributed by atoms with van der Waals surface area (Å²) < 4.78 is 49.3. The summed E-state index contributed by atoms with van der Waals surface area (Å²) in [5.41, 5.74) is 3.83. The summed E-state index contributed by atoms with van der Waals surface area (Å²) in [5.74, 6) is 0. The Morgan fingerprint density at radius 1 is 0.886 bits per heavy atom. The first kappa shape index (κ1) is 32.1. The van der Waals surface area contributed by atoms with Crippen LogP contribution in [0.2, 0.25) is 0 Å². The normalized spacial score (nSPS) is 14.4. The molecule has 0 saturated carbocycles. The van der Waals surface area contributed by atoms with Crippen LogP contribution in [0.25, 0.3) is 21.8 Å². The Morgan fingerprint density at radius 3 is 2.23 bits per heavy atom. The number of pyridine rings is 1. The average Bonchev–Trinajstić information content (AvgIpc) is 3.24. The molecule has 1 aliphatic rings. The number of hydrogen-bond acceptors (Lipinski definition) is 4. The van der Waals surface area contributed by atoms with E-state index in [9.17, 15) is 18.0 Å². The molecule has 0 atom stereocenters. The molecule has 0 unspecified atom stereocenters. The number of alkyl halides is 3. The number of rotatable bonds is 13.